The Morgan fingerprint density at radius 2 is 1.80 bits per heavy atom. The molecule has 1 saturated heterocycles. The summed E-state index contributed by atoms with van der Waals surface area (Å²) in [4.78, 5) is 16.1. The molecule has 1 aliphatic carbocycles. The number of carbonyl (C=O) groups is 1. The number of piperazine rings is 1. The normalized spacial score (nSPS) is 17.8. The van der Waals surface area contributed by atoms with E-state index in [0.29, 0.717) is 28.5 Å². The zero-order valence-corrected chi connectivity index (χ0v) is 20.2. The maximum Gasteiger partial charge on any atom is 0.315 e. The molecule has 8 heteroatoms. The molecule has 1 heterocycles. The van der Waals surface area contributed by atoms with Gasteiger partial charge in [0.2, 0.25) is 0 Å². The molecule has 5 nitrogen and oxygen atoms in total. The quantitative estimate of drug-likeness (QED) is 0.427. The van der Waals surface area contributed by atoms with Crippen LogP contribution in [0.2, 0.25) is 10.0 Å². The van der Waals surface area contributed by atoms with Gasteiger partial charge in [-0.1, -0.05) is 55.5 Å². The molecule has 0 atom stereocenters. The van der Waals surface area contributed by atoms with Crippen LogP contribution in [0.15, 0.2) is 18.2 Å². The number of alkyl halides is 1. The fourth-order valence-electron chi connectivity index (χ4n) is 3.79. The summed E-state index contributed by atoms with van der Waals surface area (Å²) in [6.07, 6.45) is 6.89. The van der Waals surface area contributed by atoms with Gasteiger partial charge in [0.25, 0.3) is 0 Å². The van der Waals surface area contributed by atoms with Crippen molar-refractivity contribution in [2.75, 3.05) is 50.0 Å². The van der Waals surface area contributed by atoms with Gasteiger partial charge < -0.3 is 20.4 Å². The molecule has 2 fully saturated rings. The average molecular weight is 478 g/mol. The monoisotopic (exact) mass is 476 g/mol. The Hall–Kier alpha value is -0.880. The van der Waals surface area contributed by atoms with Gasteiger partial charge in [-0.25, -0.2) is 4.79 Å². The minimum Gasteiger partial charge on any atom is -0.368 e. The number of nitrogens with one attached hydrogen (secondary N) is 2. The Balaban J connectivity index is 0.000000216. The van der Waals surface area contributed by atoms with Crippen LogP contribution in [0.25, 0.3) is 0 Å². The maximum absolute atomic E-state index is 11.3. The maximum atomic E-state index is 11.3. The van der Waals surface area contributed by atoms with Gasteiger partial charge in [-0.3, -0.25) is 0 Å². The van der Waals surface area contributed by atoms with Gasteiger partial charge in [-0.05, 0) is 37.9 Å². The van der Waals surface area contributed by atoms with Crippen LogP contribution in [0.5, 0.6) is 0 Å². The zero-order valence-electron chi connectivity index (χ0n) is 17.9. The van der Waals surface area contributed by atoms with E-state index in [1.54, 1.807) is 0 Å². The number of amides is 2. The highest BCUT2D eigenvalue weighted by molar-refractivity contribution is 6.43. The molecule has 3 rings (SSSR count). The van der Waals surface area contributed by atoms with E-state index in [9.17, 15) is 4.79 Å². The van der Waals surface area contributed by atoms with E-state index >= 15 is 0 Å². The number of nitrogens with zero attached hydrogens (tertiary/aromatic N) is 2. The van der Waals surface area contributed by atoms with E-state index in [1.165, 1.54) is 19.3 Å². The van der Waals surface area contributed by atoms with Crippen LogP contribution in [0.1, 0.15) is 45.4 Å². The van der Waals surface area contributed by atoms with Crippen molar-refractivity contribution in [2.24, 2.45) is 0 Å². The van der Waals surface area contributed by atoms with E-state index in [0.717, 1.165) is 57.7 Å². The van der Waals surface area contributed by atoms with Crippen molar-refractivity contribution in [3.8, 4) is 0 Å². The van der Waals surface area contributed by atoms with E-state index in [-0.39, 0.29) is 6.03 Å². The largest absolute Gasteiger partial charge is 0.368 e. The molecule has 0 aromatic heterocycles. The topological polar surface area (TPSA) is 47.6 Å². The number of anilines is 1. The molecular formula is C22H35Cl3N4O. The molecule has 1 aromatic carbocycles. The molecule has 1 aromatic rings. The van der Waals surface area contributed by atoms with E-state index < -0.39 is 0 Å². The van der Waals surface area contributed by atoms with E-state index in [1.807, 2.05) is 18.2 Å². The lowest BCUT2D eigenvalue weighted by Gasteiger charge is -2.36. The number of halogens is 3. The SMILES string of the molecule is CCN1CCN(c2cccc(Cl)c2Cl)CC1.O=C(NCCCCl)NC1CCCCC1. The smallest absolute Gasteiger partial charge is 0.315 e. The fourth-order valence-corrected chi connectivity index (χ4v) is 4.34. The van der Waals surface area contributed by atoms with Crippen LogP contribution in [0.4, 0.5) is 10.5 Å². The summed E-state index contributed by atoms with van der Waals surface area (Å²) in [6.45, 7) is 8.22. The van der Waals surface area contributed by atoms with Crippen LogP contribution in [0, 0.1) is 0 Å². The Kier molecular flexibility index (Phi) is 12.0. The van der Waals surface area contributed by atoms with Crippen LogP contribution < -0.4 is 15.5 Å². The van der Waals surface area contributed by atoms with Crippen molar-refractivity contribution in [1.29, 1.82) is 0 Å². The van der Waals surface area contributed by atoms with Crippen molar-refractivity contribution in [1.82, 2.24) is 15.5 Å². The Labute approximate surface area is 196 Å². The third kappa shape index (κ3) is 8.70. The zero-order chi connectivity index (χ0) is 21.8. The highest BCUT2D eigenvalue weighted by Crippen LogP contribution is 2.32. The number of urea groups is 1. The molecule has 2 aliphatic rings. The first kappa shape index (κ1) is 25.4. The Bertz CT molecular complexity index is 633. The first-order chi connectivity index (χ1) is 14.5. The average Bonchev–Trinajstić information content (AvgIpc) is 2.77. The summed E-state index contributed by atoms with van der Waals surface area (Å²) in [6, 6.07) is 6.17. The van der Waals surface area contributed by atoms with Crippen molar-refractivity contribution in [2.45, 2.75) is 51.5 Å². The highest BCUT2D eigenvalue weighted by Gasteiger charge is 2.18. The molecule has 170 valence electrons. The summed E-state index contributed by atoms with van der Waals surface area (Å²) in [5.74, 6) is 0.601. The molecule has 0 radical (unpaired) electrons. The number of hydrogen-bond acceptors (Lipinski definition) is 3. The second-order valence-corrected chi connectivity index (χ2v) is 8.94. The summed E-state index contributed by atoms with van der Waals surface area (Å²) in [5, 5.41) is 7.09. The van der Waals surface area contributed by atoms with Crippen LogP contribution >= 0.6 is 34.8 Å². The molecule has 2 amide bonds. The molecule has 0 bridgehead atoms. The third-order valence-electron chi connectivity index (χ3n) is 5.63. The molecule has 0 unspecified atom stereocenters. The van der Waals surface area contributed by atoms with Gasteiger partial charge in [0, 0.05) is 44.6 Å². The van der Waals surface area contributed by atoms with Crippen LogP contribution in [-0.4, -0.2) is 62.1 Å². The predicted molar refractivity (Wildman–Crippen MR) is 130 cm³/mol. The second kappa shape index (κ2) is 14.2. The lowest BCUT2D eigenvalue weighted by Crippen LogP contribution is -2.46. The van der Waals surface area contributed by atoms with Gasteiger partial charge in [0.05, 0.1) is 15.7 Å². The Morgan fingerprint density at radius 3 is 2.43 bits per heavy atom. The van der Waals surface area contributed by atoms with Gasteiger partial charge in [-0.15, -0.1) is 11.6 Å². The molecule has 2 N–H and O–H groups in total. The molecule has 0 spiro atoms. The van der Waals surface area contributed by atoms with Crippen molar-refractivity contribution in [3.05, 3.63) is 28.2 Å². The predicted octanol–water partition coefficient (Wildman–Crippen LogP) is 5.38. The third-order valence-corrected chi connectivity index (χ3v) is 6.70. The number of rotatable bonds is 6. The van der Waals surface area contributed by atoms with Crippen molar-refractivity contribution >= 4 is 46.5 Å². The van der Waals surface area contributed by atoms with Gasteiger partial charge >= 0.3 is 6.03 Å². The number of carbonyl (C=O) groups excluding carboxylic acids is 1. The van der Waals surface area contributed by atoms with Crippen LogP contribution in [0.3, 0.4) is 0 Å². The van der Waals surface area contributed by atoms with Gasteiger partial charge in [-0.2, -0.15) is 0 Å². The molecule has 1 saturated carbocycles. The summed E-state index contributed by atoms with van der Waals surface area (Å²) in [7, 11) is 0. The van der Waals surface area contributed by atoms with Gasteiger partial charge in [0.15, 0.2) is 0 Å². The van der Waals surface area contributed by atoms with Crippen molar-refractivity contribution < 1.29 is 4.79 Å². The standard InChI is InChI=1S/C12H16Cl2N2.C10H19ClN2O/c1-2-15-6-8-16(9-7-15)11-5-3-4-10(13)12(11)14;11-7-4-8-12-10(14)13-9-5-2-1-3-6-9/h3-5H,2,6-9H2,1H3;9H,1-8H2,(H2,12,13,14). The lowest BCUT2D eigenvalue weighted by molar-refractivity contribution is 0.232. The van der Waals surface area contributed by atoms with Gasteiger partial charge in [0.1, 0.15) is 0 Å². The minimum atomic E-state index is -0.0398. The number of hydrogen-bond donors (Lipinski definition) is 2. The minimum absolute atomic E-state index is 0.0398. The summed E-state index contributed by atoms with van der Waals surface area (Å²) in [5.41, 5.74) is 1.06. The fraction of sp³-hybridized carbons (Fsp3) is 0.682. The van der Waals surface area contributed by atoms with Crippen LogP contribution in [-0.2, 0) is 0 Å². The van der Waals surface area contributed by atoms with Crippen molar-refractivity contribution in [3.63, 3.8) is 0 Å². The second-order valence-electron chi connectivity index (χ2n) is 7.77. The number of benzene rings is 1. The molecular weight excluding hydrogens is 443 g/mol. The molecule has 30 heavy (non-hydrogen) atoms. The molecule has 1 aliphatic heterocycles. The van der Waals surface area contributed by atoms with E-state index in [4.69, 9.17) is 34.8 Å². The lowest BCUT2D eigenvalue weighted by atomic mass is 9.96. The highest BCUT2D eigenvalue weighted by atomic mass is 35.5. The Morgan fingerprint density at radius 1 is 1.10 bits per heavy atom. The van der Waals surface area contributed by atoms with E-state index in [2.05, 4.69) is 27.4 Å². The number of likely N-dealkylation sites (N-methyl/N-ethyl adjacent to an activating group) is 1. The first-order valence-electron chi connectivity index (χ1n) is 11.1. The first-order valence-corrected chi connectivity index (χ1v) is 12.4. The summed E-state index contributed by atoms with van der Waals surface area (Å²) < 4.78 is 0. The summed E-state index contributed by atoms with van der Waals surface area (Å²) >= 11 is 17.7.